The fourth-order valence-electron chi connectivity index (χ4n) is 1.97. The molecule has 5 heteroatoms. The van der Waals surface area contributed by atoms with E-state index in [0.717, 1.165) is 11.3 Å². The summed E-state index contributed by atoms with van der Waals surface area (Å²) in [7, 11) is 1.88. The largest absolute Gasteiger partial charge is 0.485 e. The summed E-state index contributed by atoms with van der Waals surface area (Å²) in [6.07, 6.45) is 1.46. The molecule has 21 heavy (non-hydrogen) atoms. The van der Waals surface area contributed by atoms with Crippen LogP contribution in [0.15, 0.2) is 41.0 Å². The van der Waals surface area contributed by atoms with E-state index in [2.05, 4.69) is 5.32 Å². The molecule has 0 fully saturated rings. The Morgan fingerprint density at radius 3 is 2.86 bits per heavy atom. The van der Waals surface area contributed by atoms with Gasteiger partial charge in [-0.1, -0.05) is 18.2 Å². The lowest BCUT2D eigenvalue weighted by Gasteiger charge is -2.10. The Morgan fingerprint density at radius 1 is 1.29 bits per heavy atom. The van der Waals surface area contributed by atoms with E-state index in [1.807, 2.05) is 31.3 Å². The molecule has 0 saturated carbocycles. The minimum Gasteiger partial charge on any atom is -0.485 e. The van der Waals surface area contributed by atoms with E-state index in [1.54, 1.807) is 13.0 Å². The number of carbonyl (C=O) groups is 1. The Hall–Kier alpha value is -2.27. The molecule has 0 bridgehead atoms. The van der Waals surface area contributed by atoms with Crippen molar-refractivity contribution < 1.29 is 18.7 Å². The third-order valence-corrected chi connectivity index (χ3v) is 2.94. The van der Waals surface area contributed by atoms with Gasteiger partial charge in [0.05, 0.1) is 12.9 Å². The zero-order chi connectivity index (χ0) is 15.1. The van der Waals surface area contributed by atoms with Crippen molar-refractivity contribution in [1.29, 1.82) is 0 Å². The standard InChI is InChI=1S/C16H19NO4/c1-3-19-16(18)13-8-9-20-15(13)11-21-14-7-5-4-6-12(14)10-17-2/h4-9,17H,3,10-11H2,1-2H3. The average molecular weight is 289 g/mol. The molecule has 0 aliphatic heterocycles. The smallest absolute Gasteiger partial charge is 0.341 e. The van der Waals surface area contributed by atoms with Crippen LogP contribution in [0.4, 0.5) is 0 Å². The SMILES string of the molecule is CCOC(=O)c1ccoc1COc1ccccc1CNC. The van der Waals surface area contributed by atoms with Crippen LogP contribution in [0.25, 0.3) is 0 Å². The Balaban J connectivity index is 2.07. The second-order valence-corrected chi connectivity index (χ2v) is 4.40. The molecule has 0 atom stereocenters. The summed E-state index contributed by atoms with van der Waals surface area (Å²) in [6.45, 7) is 2.98. The summed E-state index contributed by atoms with van der Waals surface area (Å²) >= 11 is 0. The fraction of sp³-hybridized carbons (Fsp3) is 0.312. The van der Waals surface area contributed by atoms with Crippen molar-refractivity contribution in [3.05, 3.63) is 53.5 Å². The molecule has 0 saturated heterocycles. The highest BCUT2D eigenvalue weighted by Gasteiger charge is 2.16. The number of carbonyl (C=O) groups excluding carboxylic acids is 1. The fourth-order valence-corrected chi connectivity index (χ4v) is 1.97. The lowest BCUT2D eigenvalue weighted by atomic mass is 10.2. The molecule has 1 heterocycles. The van der Waals surface area contributed by atoms with Crippen LogP contribution < -0.4 is 10.1 Å². The lowest BCUT2D eigenvalue weighted by molar-refractivity contribution is 0.0521. The highest BCUT2D eigenvalue weighted by atomic mass is 16.5. The molecular formula is C16H19NO4. The first-order valence-electron chi connectivity index (χ1n) is 6.85. The molecule has 0 spiro atoms. The number of rotatable bonds is 7. The van der Waals surface area contributed by atoms with Gasteiger partial charge in [-0.05, 0) is 26.1 Å². The summed E-state index contributed by atoms with van der Waals surface area (Å²) in [6, 6.07) is 9.33. The van der Waals surface area contributed by atoms with Crippen LogP contribution in [0.1, 0.15) is 28.6 Å². The number of hydrogen-bond acceptors (Lipinski definition) is 5. The van der Waals surface area contributed by atoms with E-state index in [0.29, 0.717) is 24.5 Å². The average Bonchev–Trinajstić information content (AvgIpc) is 2.95. The van der Waals surface area contributed by atoms with E-state index < -0.39 is 5.97 Å². The van der Waals surface area contributed by atoms with Crippen LogP contribution in [-0.2, 0) is 17.9 Å². The van der Waals surface area contributed by atoms with Crippen molar-refractivity contribution in [2.75, 3.05) is 13.7 Å². The van der Waals surface area contributed by atoms with Crippen LogP contribution in [-0.4, -0.2) is 19.6 Å². The molecule has 5 nitrogen and oxygen atoms in total. The van der Waals surface area contributed by atoms with Crippen LogP contribution in [0.3, 0.4) is 0 Å². The predicted octanol–water partition coefficient (Wildman–Crippen LogP) is 2.75. The van der Waals surface area contributed by atoms with Gasteiger partial charge in [0, 0.05) is 12.1 Å². The van der Waals surface area contributed by atoms with E-state index >= 15 is 0 Å². The summed E-state index contributed by atoms with van der Waals surface area (Å²) in [5.74, 6) is 0.833. The molecule has 1 aromatic heterocycles. The molecule has 0 amide bonds. The number of furan rings is 1. The first kappa shape index (κ1) is 15.1. The minimum atomic E-state index is -0.395. The number of ether oxygens (including phenoxy) is 2. The maximum atomic E-state index is 11.8. The Kier molecular flexibility index (Phi) is 5.40. The molecule has 2 aromatic rings. The molecular weight excluding hydrogens is 270 g/mol. The normalized spacial score (nSPS) is 10.4. The van der Waals surface area contributed by atoms with Gasteiger partial charge >= 0.3 is 5.97 Å². The first-order chi connectivity index (χ1) is 10.3. The molecule has 1 N–H and O–H groups in total. The third-order valence-electron chi connectivity index (χ3n) is 2.94. The van der Waals surface area contributed by atoms with E-state index in [9.17, 15) is 4.79 Å². The first-order valence-corrected chi connectivity index (χ1v) is 6.85. The van der Waals surface area contributed by atoms with Gasteiger partial charge in [-0.15, -0.1) is 0 Å². The summed E-state index contributed by atoms with van der Waals surface area (Å²) in [5, 5.41) is 3.09. The number of benzene rings is 1. The minimum absolute atomic E-state index is 0.182. The Labute approximate surface area is 123 Å². The molecule has 112 valence electrons. The van der Waals surface area contributed by atoms with Crippen LogP contribution in [0.5, 0.6) is 5.75 Å². The highest BCUT2D eigenvalue weighted by molar-refractivity contribution is 5.90. The van der Waals surface area contributed by atoms with Crippen LogP contribution >= 0.6 is 0 Å². The van der Waals surface area contributed by atoms with Gasteiger partial charge in [0.15, 0.2) is 5.76 Å². The van der Waals surface area contributed by atoms with Crippen molar-refractivity contribution in [1.82, 2.24) is 5.32 Å². The van der Waals surface area contributed by atoms with Gasteiger partial charge in [0.1, 0.15) is 17.9 Å². The lowest BCUT2D eigenvalue weighted by Crippen LogP contribution is -2.09. The van der Waals surface area contributed by atoms with Crippen molar-refractivity contribution in [3.8, 4) is 5.75 Å². The number of para-hydroxylation sites is 1. The van der Waals surface area contributed by atoms with Crippen LogP contribution in [0.2, 0.25) is 0 Å². The summed E-state index contributed by atoms with van der Waals surface area (Å²) in [4.78, 5) is 11.8. The quantitative estimate of drug-likeness (QED) is 0.794. The van der Waals surface area contributed by atoms with E-state index in [-0.39, 0.29) is 6.61 Å². The topological polar surface area (TPSA) is 60.7 Å². The molecule has 0 aliphatic carbocycles. The number of esters is 1. The second kappa shape index (κ2) is 7.50. The molecule has 0 radical (unpaired) electrons. The van der Waals surface area contributed by atoms with Crippen molar-refractivity contribution in [3.63, 3.8) is 0 Å². The molecule has 2 rings (SSSR count). The Morgan fingerprint density at radius 2 is 2.10 bits per heavy atom. The molecule has 0 unspecified atom stereocenters. The van der Waals surface area contributed by atoms with Crippen molar-refractivity contribution >= 4 is 5.97 Å². The number of hydrogen-bond donors (Lipinski definition) is 1. The maximum absolute atomic E-state index is 11.8. The van der Waals surface area contributed by atoms with E-state index in [1.165, 1.54) is 6.26 Å². The van der Waals surface area contributed by atoms with Crippen molar-refractivity contribution in [2.45, 2.75) is 20.1 Å². The molecule has 0 aliphatic rings. The zero-order valence-corrected chi connectivity index (χ0v) is 12.2. The Bertz CT molecular complexity index is 591. The second-order valence-electron chi connectivity index (χ2n) is 4.40. The van der Waals surface area contributed by atoms with Crippen LogP contribution in [0, 0.1) is 0 Å². The zero-order valence-electron chi connectivity index (χ0n) is 12.2. The van der Waals surface area contributed by atoms with Gasteiger partial charge in [-0.3, -0.25) is 0 Å². The van der Waals surface area contributed by atoms with E-state index in [4.69, 9.17) is 13.9 Å². The van der Waals surface area contributed by atoms with Gasteiger partial charge in [-0.2, -0.15) is 0 Å². The summed E-state index contributed by atoms with van der Waals surface area (Å²) < 4.78 is 16.1. The van der Waals surface area contributed by atoms with Gasteiger partial charge in [-0.25, -0.2) is 4.79 Å². The molecule has 1 aromatic carbocycles. The maximum Gasteiger partial charge on any atom is 0.341 e. The third kappa shape index (κ3) is 3.86. The predicted molar refractivity (Wildman–Crippen MR) is 78.2 cm³/mol. The van der Waals surface area contributed by atoms with Gasteiger partial charge < -0.3 is 19.2 Å². The number of nitrogens with one attached hydrogen (secondary N) is 1. The highest BCUT2D eigenvalue weighted by Crippen LogP contribution is 2.21. The monoisotopic (exact) mass is 289 g/mol. The van der Waals surface area contributed by atoms with Gasteiger partial charge in [0.2, 0.25) is 0 Å². The summed E-state index contributed by atoms with van der Waals surface area (Å²) in [5.41, 5.74) is 1.45. The van der Waals surface area contributed by atoms with Crippen molar-refractivity contribution in [2.24, 2.45) is 0 Å². The van der Waals surface area contributed by atoms with Gasteiger partial charge in [0.25, 0.3) is 0 Å².